The lowest BCUT2D eigenvalue weighted by Gasteiger charge is -2.49. The number of amides is 1. The number of nitrogens with zero attached hydrogens (tertiary/aromatic N) is 2. The lowest BCUT2D eigenvalue weighted by atomic mass is 9.63. The van der Waals surface area contributed by atoms with Gasteiger partial charge in [-0.05, 0) is 75.0 Å². The van der Waals surface area contributed by atoms with Crippen LogP contribution < -0.4 is 5.32 Å². The zero-order valence-electron chi connectivity index (χ0n) is 25.0. The fourth-order valence-corrected chi connectivity index (χ4v) is 9.55. The molecular weight excluding hydrogens is 556 g/mol. The third kappa shape index (κ3) is 7.97. The summed E-state index contributed by atoms with van der Waals surface area (Å²) in [6.45, 7) is 3.72. The van der Waals surface area contributed by atoms with Crippen molar-refractivity contribution in [2.75, 3.05) is 32.7 Å². The Morgan fingerprint density at radius 2 is 1.31 bits per heavy atom. The van der Waals surface area contributed by atoms with Gasteiger partial charge in [0.2, 0.25) is 5.91 Å². The minimum Gasteiger partial charge on any atom is -0.355 e. The smallest absolute Gasteiger partial charge is 0.355 e. The molecule has 10 heteroatoms. The van der Waals surface area contributed by atoms with E-state index in [0.717, 1.165) is 45.4 Å². The highest BCUT2D eigenvalue weighted by atomic mass is 19.4. The van der Waals surface area contributed by atoms with Gasteiger partial charge in [-0.1, -0.05) is 51.4 Å². The third-order valence-corrected chi connectivity index (χ3v) is 11.7. The largest absolute Gasteiger partial charge is 0.391 e. The molecule has 0 radical (unpaired) electrons. The molecule has 5 aliphatic rings. The lowest BCUT2D eigenvalue weighted by Crippen LogP contribution is -2.60. The van der Waals surface area contributed by atoms with Crippen LogP contribution in [0.15, 0.2) is 0 Å². The Hall–Kier alpha value is -1.03. The normalized spacial score (nSPS) is 35.4. The molecule has 0 aromatic rings. The molecule has 42 heavy (non-hydrogen) atoms. The summed E-state index contributed by atoms with van der Waals surface area (Å²) in [6.07, 6.45) is 4.04. The van der Waals surface area contributed by atoms with Gasteiger partial charge in [0.1, 0.15) is 0 Å². The summed E-state index contributed by atoms with van der Waals surface area (Å²) in [4.78, 5) is 18.9. The molecular formula is C32H51F6N3O. The highest BCUT2D eigenvalue weighted by Gasteiger charge is 2.52. The first-order chi connectivity index (χ1) is 20.0. The SMILES string of the molecule is O=C(NCCC1CC(C(F)(F)F)CC(C(F)(F)F)C1)C(C1CCCC2CCCCC21)N1CCN(C2CCCCC2)CC1. The van der Waals surface area contributed by atoms with E-state index in [2.05, 4.69) is 15.1 Å². The van der Waals surface area contributed by atoms with Crippen LogP contribution in [0.3, 0.4) is 0 Å². The number of alkyl halides is 6. The fraction of sp³-hybridized carbons (Fsp3) is 0.969. The molecule has 6 unspecified atom stereocenters. The van der Waals surface area contributed by atoms with Crippen LogP contribution in [0.5, 0.6) is 0 Å². The average molecular weight is 608 g/mol. The van der Waals surface area contributed by atoms with Gasteiger partial charge in [-0.25, -0.2) is 0 Å². The highest BCUT2D eigenvalue weighted by molar-refractivity contribution is 5.82. The number of fused-ring (bicyclic) bond motifs is 1. The molecule has 1 N–H and O–H groups in total. The lowest BCUT2D eigenvalue weighted by molar-refractivity contribution is -0.228. The molecule has 4 aliphatic carbocycles. The third-order valence-electron chi connectivity index (χ3n) is 11.7. The van der Waals surface area contributed by atoms with Crippen LogP contribution in [-0.4, -0.2) is 72.9 Å². The predicted octanol–water partition coefficient (Wildman–Crippen LogP) is 7.58. The molecule has 1 saturated heterocycles. The van der Waals surface area contributed by atoms with Gasteiger partial charge in [-0.3, -0.25) is 14.6 Å². The molecule has 242 valence electrons. The van der Waals surface area contributed by atoms with Gasteiger partial charge < -0.3 is 5.32 Å². The molecule has 6 atom stereocenters. The van der Waals surface area contributed by atoms with Gasteiger partial charge in [-0.2, -0.15) is 26.3 Å². The van der Waals surface area contributed by atoms with Crippen LogP contribution in [0.4, 0.5) is 26.3 Å². The summed E-state index contributed by atoms with van der Waals surface area (Å²) < 4.78 is 80.9. The summed E-state index contributed by atoms with van der Waals surface area (Å²) >= 11 is 0. The Labute approximate surface area is 247 Å². The zero-order chi connectivity index (χ0) is 29.9. The molecule has 5 rings (SSSR count). The Bertz CT molecular complexity index is 843. The van der Waals surface area contributed by atoms with Crippen molar-refractivity contribution in [3.05, 3.63) is 0 Å². The molecule has 0 spiro atoms. The van der Waals surface area contributed by atoms with Crippen LogP contribution in [0.2, 0.25) is 0 Å². The Morgan fingerprint density at radius 3 is 1.95 bits per heavy atom. The number of piperazine rings is 1. The summed E-state index contributed by atoms with van der Waals surface area (Å²) in [6, 6.07) is 0.378. The van der Waals surface area contributed by atoms with Gasteiger partial charge in [0, 0.05) is 38.8 Å². The summed E-state index contributed by atoms with van der Waals surface area (Å²) in [5, 5.41) is 3.05. The first-order valence-electron chi connectivity index (χ1n) is 16.9. The summed E-state index contributed by atoms with van der Waals surface area (Å²) in [7, 11) is 0. The van der Waals surface area contributed by atoms with Crippen LogP contribution in [-0.2, 0) is 4.79 Å². The maximum absolute atomic E-state index is 14.0. The number of hydrogen-bond acceptors (Lipinski definition) is 3. The van der Waals surface area contributed by atoms with Gasteiger partial charge in [0.05, 0.1) is 17.9 Å². The van der Waals surface area contributed by atoms with Gasteiger partial charge in [0.25, 0.3) is 0 Å². The minimum absolute atomic E-state index is 0.0621. The number of rotatable bonds is 7. The standard InChI is InChI=1S/C32H51F6N3O/c33-31(34,35)24-19-22(20-25(21-24)32(36,37)38)13-14-39-30(42)29(28-12-6-8-23-7-4-5-11-27(23)28)41-17-15-40(16-18-41)26-9-2-1-3-10-26/h22-29H,1-21H2,(H,39,42). The number of nitrogens with one attached hydrogen (secondary N) is 1. The summed E-state index contributed by atoms with van der Waals surface area (Å²) in [5.41, 5.74) is 0. The maximum Gasteiger partial charge on any atom is 0.391 e. The minimum atomic E-state index is -4.63. The van der Waals surface area contributed by atoms with Gasteiger partial charge in [0.15, 0.2) is 0 Å². The molecule has 4 saturated carbocycles. The van der Waals surface area contributed by atoms with E-state index in [1.807, 2.05) is 0 Å². The van der Waals surface area contributed by atoms with E-state index in [-0.39, 0.29) is 43.7 Å². The molecule has 1 amide bonds. The average Bonchev–Trinajstić information content (AvgIpc) is 2.97. The molecule has 1 heterocycles. The molecule has 4 nitrogen and oxygen atoms in total. The molecule has 0 bridgehead atoms. The highest BCUT2D eigenvalue weighted by Crippen LogP contribution is 2.49. The fourth-order valence-electron chi connectivity index (χ4n) is 9.55. The Morgan fingerprint density at radius 1 is 0.714 bits per heavy atom. The molecule has 5 fully saturated rings. The van der Waals surface area contributed by atoms with Gasteiger partial charge >= 0.3 is 12.4 Å². The van der Waals surface area contributed by atoms with E-state index in [1.54, 1.807) is 0 Å². The quantitative estimate of drug-likeness (QED) is 0.303. The Balaban J connectivity index is 1.23. The van der Waals surface area contributed by atoms with E-state index < -0.39 is 36.5 Å². The Kier molecular flexibility index (Phi) is 10.7. The van der Waals surface area contributed by atoms with Crippen LogP contribution in [0, 0.1) is 35.5 Å². The number of hydrogen-bond donors (Lipinski definition) is 1. The van der Waals surface area contributed by atoms with E-state index >= 15 is 0 Å². The number of carbonyl (C=O) groups is 1. The summed E-state index contributed by atoms with van der Waals surface area (Å²) in [5.74, 6) is -3.17. The van der Waals surface area contributed by atoms with Crippen molar-refractivity contribution in [1.82, 2.24) is 15.1 Å². The topological polar surface area (TPSA) is 35.6 Å². The van der Waals surface area contributed by atoms with Crippen molar-refractivity contribution in [3.63, 3.8) is 0 Å². The predicted molar refractivity (Wildman–Crippen MR) is 151 cm³/mol. The first-order valence-corrected chi connectivity index (χ1v) is 16.9. The van der Waals surface area contributed by atoms with E-state index in [4.69, 9.17) is 0 Å². The van der Waals surface area contributed by atoms with E-state index in [1.165, 1.54) is 57.8 Å². The van der Waals surface area contributed by atoms with E-state index in [9.17, 15) is 31.1 Å². The van der Waals surface area contributed by atoms with Crippen LogP contribution in [0.25, 0.3) is 0 Å². The van der Waals surface area contributed by atoms with Crippen LogP contribution in [0.1, 0.15) is 103 Å². The number of carbonyl (C=O) groups excluding carboxylic acids is 1. The van der Waals surface area contributed by atoms with Crippen LogP contribution >= 0.6 is 0 Å². The monoisotopic (exact) mass is 607 g/mol. The van der Waals surface area contributed by atoms with Gasteiger partial charge in [-0.15, -0.1) is 0 Å². The van der Waals surface area contributed by atoms with Crippen molar-refractivity contribution in [3.8, 4) is 0 Å². The van der Waals surface area contributed by atoms with Crippen molar-refractivity contribution >= 4 is 5.91 Å². The second-order valence-electron chi connectivity index (χ2n) is 14.2. The number of halogens is 6. The first kappa shape index (κ1) is 32.4. The molecule has 0 aromatic carbocycles. The maximum atomic E-state index is 14.0. The van der Waals surface area contributed by atoms with E-state index in [0.29, 0.717) is 17.9 Å². The molecule has 0 aromatic heterocycles. The van der Waals surface area contributed by atoms with Crippen molar-refractivity contribution in [2.45, 2.75) is 127 Å². The van der Waals surface area contributed by atoms with Crippen molar-refractivity contribution in [1.29, 1.82) is 0 Å². The molecule has 1 aliphatic heterocycles. The van der Waals surface area contributed by atoms with Crippen molar-refractivity contribution < 1.29 is 31.1 Å². The van der Waals surface area contributed by atoms with Crippen molar-refractivity contribution in [2.24, 2.45) is 35.5 Å². The zero-order valence-corrected chi connectivity index (χ0v) is 25.0. The second kappa shape index (κ2) is 13.9. The second-order valence-corrected chi connectivity index (χ2v) is 14.2.